The average molecular weight is 416 g/mol. The van der Waals surface area contributed by atoms with Crippen molar-refractivity contribution >= 4 is 23.3 Å². The summed E-state index contributed by atoms with van der Waals surface area (Å²) in [7, 11) is 0. The molecule has 0 radical (unpaired) electrons. The lowest BCUT2D eigenvalue weighted by Crippen LogP contribution is -2.29. The molecule has 1 aliphatic heterocycles. The van der Waals surface area contributed by atoms with E-state index in [1.807, 2.05) is 6.07 Å². The quantitative estimate of drug-likeness (QED) is 0.281. The fraction of sp³-hybridized carbons (Fsp3) is 0.125. The molecule has 4 rings (SSSR count). The van der Waals surface area contributed by atoms with E-state index >= 15 is 0 Å². The molecule has 0 spiro atoms. The van der Waals surface area contributed by atoms with Gasteiger partial charge in [0.25, 0.3) is 5.78 Å². The number of ketones is 1. The highest BCUT2D eigenvalue weighted by molar-refractivity contribution is 6.51. The first-order chi connectivity index (χ1) is 15.0. The SMILES string of the molecule is C=CCOc1ccc(/C(O)=C2\C(=O)C(=O)N(c3cc(C)on3)[C@@H]2c2ccccc2)cc1. The summed E-state index contributed by atoms with van der Waals surface area (Å²) in [5, 5.41) is 15.0. The minimum atomic E-state index is -0.845. The number of carbonyl (C=O) groups is 2. The number of hydrogen-bond acceptors (Lipinski definition) is 6. The Morgan fingerprint density at radius 3 is 2.52 bits per heavy atom. The molecule has 0 unspecified atom stereocenters. The third-order valence-corrected chi connectivity index (χ3v) is 4.92. The number of aliphatic hydroxyl groups excluding tert-OH is 1. The lowest BCUT2D eigenvalue weighted by atomic mass is 9.95. The summed E-state index contributed by atoms with van der Waals surface area (Å²) in [6, 6.07) is 16.3. The van der Waals surface area contributed by atoms with Crippen molar-refractivity contribution in [3.05, 3.63) is 95.8 Å². The van der Waals surface area contributed by atoms with Gasteiger partial charge in [-0.15, -0.1) is 0 Å². The second-order valence-electron chi connectivity index (χ2n) is 7.00. The minimum Gasteiger partial charge on any atom is -0.507 e. The van der Waals surface area contributed by atoms with Crippen LogP contribution in [0.2, 0.25) is 0 Å². The molecule has 0 saturated carbocycles. The van der Waals surface area contributed by atoms with E-state index < -0.39 is 17.7 Å². The van der Waals surface area contributed by atoms with E-state index in [4.69, 9.17) is 9.26 Å². The number of aromatic nitrogens is 1. The number of aryl methyl sites for hydroxylation is 1. The first-order valence-electron chi connectivity index (χ1n) is 9.64. The largest absolute Gasteiger partial charge is 0.507 e. The number of carbonyl (C=O) groups excluding carboxylic acids is 2. The second-order valence-corrected chi connectivity index (χ2v) is 7.00. The molecule has 156 valence electrons. The maximum absolute atomic E-state index is 13.0. The van der Waals surface area contributed by atoms with E-state index in [1.165, 1.54) is 4.90 Å². The van der Waals surface area contributed by atoms with Crippen LogP contribution in [0.5, 0.6) is 5.75 Å². The molecule has 1 N–H and O–H groups in total. The summed E-state index contributed by atoms with van der Waals surface area (Å²) in [6.07, 6.45) is 1.63. The molecule has 3 aromatic rings. The van der Waals surface area contributed by atoms with E-state index in [-0.39, 0.29) is 17.2 Å². The highest BCUT2D eigenvalue weighted by Crippen LogP contribution is 2.41. The summed E-state index contributed by atoms with van der Waals surface area (Å²) in [5.74, 6) is -0.548. The summed E-state index contributed by atoms with van der Waals surface area (Å²) < 4.78 is 10.6. The maximum atomic E-state index is 13.0. The Morgan fingerprint density at radius 2 is 1.90 bits per heavy atom. The average Bonchev–Trinajstić information content (AvgIpc) is 3.33. The third-order valence-electron chi connectivity index (χ3n) is 4.92. The van der Waals surface area contributed by atoms with Gasteiger partial charge in [0.05, 0.1) is 11.6 Å². The lowest BCUT2D eigenvalue weighted by molar-refractivity contribution is -0.132. The van der Waals surface area contributed by atoms with E-state index in [1.54, 1.807) is 67.6 Å². The molecular formula is C24H20N2O5. The predicted molar refractivity (Wildman–Crippen MR) is 115 cm³/mol. The van der Waals surface area contributed by atoms with Crippen molar-refractivity contribution in [2.75, 3.05) is 11.5 Å². The summed E-state index contributed by atoms with van der Waals surface area (Å²) >= 11 is 0. The van der Waals surface area contributed by atoms with Crippen LogP contribution in [0.1, 0.15) is 22.9 Å². The van der Waals surface area contributed by atoms with Crippen LogP contribution in [0.25, 0.3) is 5.76 Å². The summed E-state index contributed by atoms with van der Waals surface area (Å²) in [4.78, 5) is 27.2. The van der Waals surface area contributed by atoms with Crippen LogP contribution in [-0.2, 0) is 9.59 Å². The number of rotatable bonds is 6. The van der Waals surface area contributed by atoms with E-state index in [0.29, 0.717) is 29.2 Å². The topological polar surface area (TPSA) is 92.9 Å². The molecule has 31 heavy (non-hydrogen) atoms. The number of aliphatic hydroxyl groups is 1. The van der Waals surface area contributed by atoms with Gasteiger partial charge in [0, 0.05) is 11.6 Å². The van der Waals surface area contributed by atoms with Gasteiger partial charge in [0.1, 0.15) is 23.9 Å². The first-order valence-corrected chi connectivity index (χ1v) is 9.64. The lowest BCUT2D eigenvalue weighted by Gasteiger charge is -2.22. The fourth-order valence-electron chi connectivity index (χ4n) is 3.51. The number of anilines is 1. The highest BCUT2D eigenvalue weighted by atomic mass is 16.5. The van der Waals surface area contributed by atoms with Gasteiger partial charge in [-0.2, -0.15) is 0 Å². The van der Waals surface area contributed by atoms with Crippen molar-refractivity contribution in [1.29, 1.82) is 0 Å². The van der Waals surface area contributed by atoms with Gasteiger partial charge in [-0.1, -0.05) is 48.1 Å². The van der Waals surface area contributed by atoms with Crippen molar-refractivity contribution in [2.45, 2.75) is 13.0 Å². The zero-order chi connectivity index (χ0) is 22.0. The Kier molecular flexibility index (Phi) is 5.41. The smallest absolute Gasteiger partial charge is 0.301 e. The minimum absolute atomic E-state index is 0.0170. The van der Waals surface area contributed by atoms with Crippen LogP contribution in [0.15, 0.2) is 83.4 Å². The van der Waals surface area contributed by atoms with Crippen molar-refractivity contribution < 1.29 is 24.0 Å². The molecule has 1 atom stereocenters. The fourth-order valence-corrected chi connectivity index (χ4v) is 3.51. The van der Waals surface area contributed by atoms with Gasteiger partial charge in [0.2, 0.25) is 0 Å². The van der Waals surface area contributed by atoms with Crippen LogP contribution < -0.4 is 9.64 Å². The predicted octanol–water partition coefficient (Wildman–Crippen LogP) is 4.17. The highest BCUT2D eigenvalue weighted by Gasteiger charge is 2.48. The van der Waals surface area contributed by atoms with Crippen molar-refractivity contribution in [1.82, 2.24) is 5.16 Å². The van der Waals surface area contributed by atoms with Gasteiger partial charge >= 0.3 is 5.91 Å². The molecule has 7 nitrogen and oxygen atoms in total. The van der Waals surface area contributed by atoms with Crippen molar-refractivity contribution in [3.8, 4) is 5.75 Å². The van der Waals surface area contributed by atoms with Gasteiger partial charge in [-0.05, 0) is 36.8 Å². The van der Waals surface area contributed by atoms with Gasteiger partial charge in [-0.3, -0.25) is 14.5 Å². The number of hydrogen-bond donors (Lipinski definition) is 1. The number of Topliss-reactive ketones (excluding diaryl/α,β-unsaturated/α-hetero) is 1. The van der Waals surface area contributed by atoms with Gasteiger partial charge < -0.3 is 14.4 Å². The molecular weight excluding hydrogens is 396 g/mol. The number of nitrogens with zero attached hydrogens (tertiary/aromatic N) is 2. The van der Waals surface area contributed by atoms with Gasteiger partial charge in [0.15, 0.2) is 5.82 Å². The Bertz CT molecular complexity index is 1160. The van der Waals surface area contributed by atoms with Crippen molar-refractivity contribution in [2.24, 2.45) is 0 Å². The molecule has 1 aliphatic rings. The monoisotopic (exact) mass is 416 g/mol. The van der Waals surface area contributed by atoms with E-state index in [0.717, 1.165) is 0 Å². The molecule has 1 saturated heterocycles. The Morgan fingerprint density at radius 1 is 1.19 bits per heavy atom. The molecule has 7 heteroatoms. The van der Waals surface area contributed by atoms with Crippen molar-refractivity contribution in [3.63, 3.8) is 0 Å². The number of benzene rings is 2. The molecule has 0 bridgehead atoms. The second kappa shape index (κ2) is 8.31. The molecule has 0 aliphatic carbocycles. The number of amides is 1. The molecule has 1 amide bonds. The van der Waals surface area contributed by atoms with Gasteiger partial charge in [-0.25, -0.2) is 0 Å². The Balaban J connectivity index is 1.83. The number of ether oxygens (including phenoxy) is 1. The van der Waals surface area contributed by atoms with Crippen LogP contribution in [0.3, 0.4) is 0 Å². The molecule has 1 fully saturated rings. The summed E-state index contributed by atoms with van der Waals surface area (Å²) in [5.41, 5.74) is 1.03. The zero-order valence-corrected chi connectivity index (χ0v) is 16.8. The standard InChI is InChI=1S/C24H20N2O5/c1-3-13-30-18-11-9-17(10-12-18)22(27)20-21(16-7-5-4-6-8-16)26(24(29)23(20)28)19-14-15(2)31-25-19/h3-12,14,21,27H,1,13H2,2H3/b22-20+/t21-/m1/s1. The maximum Gasteiger partial charge on any atom is 0.301 e. The first kappa shape index (κ1) is 20.2. The van der Waals surface area contributed by atoms with Crippen LogP contribution >= 0.6 is 0 Å². The Labute approximate surface area is 178 Å². The van der Waals surface area contributed by atoms with Crippen LogP contribution in [0, 0.1) is 6.92 Å². The van der Waals surface area contributed by atoms with Crippen LogP contribution in [-0.4, -0.2) is 28.6 Å². The Hall–Kier alpha value is -4.13. The summed E-state index contributed by atoms with van der Waals surface area (Å²) in [6.45, 7) is 5.65. The van der Waals surface area contributed by atoms with E-state index in [2.05, 4.69) is 11.7 Å². The molecule has 2 heterocycles. The van der Waals surface area contributed by atoms with Crippen LogP contribution in [0.4, 0.5) is 5.82 Å². The van der Waals surface area contributed by atoms with E-state index in [9.17, 15) is 14.7 Å². The molecule has 1 aromatic heterocycles. The zero-order valence-electron chi connectivity index (χ0n) is 16.8. The molecule has 2 aromatic carbocycles. The normalized spacial score (nSPS) is 17.7. The third kappa shape index (κ3) is 3.73.